The number of aromatic nitrogens is 5. The van der Waals surface area contributed by atoms with Gasteiger partial charge in [-0.2, -0.15) is 0 Å². The van der Waals surface area contributed by atoms with Gasteiger partial charge in [-0.3, -0.25) is 0 Å². The summed E-state index contributed by atoms with van der Waals surface area (Å²) in [5.41, 5.74) is 2.67. The first-order chi connectivity index (χ1) is 13.6. The summed E-state index contributed by atoms with van der Waals surface area (Å²) in [5, 5.41) is 3.24. The Hall–Kier alpha value is -3.00. The maximum Gasteiger partial charge on any atom is 0.227 e. The van der Waals surface area contributed by atoms with Crippen molar-refractivity contribution < 1.29 is 4.74 Å². The Morgan fingerprint density at radius 1 is 1.04 bits per heavy atom. The molecule has 0 bridgehead atoms. The summed E-state index contributed by atoms with van der Waals surface area (Å²) in [6, 6.07) is 6.21. The van der Waals surface area contributed by atoms with Gasteiger partial charge in [-0.05, 0) is 39.0 Å². The first kappa shape index (κ1) is 18.4. The van der Waals surface area contributed by atoms with Crippen LogP contribution in [0.4, 0.5) is 17.5 Å². The highest BCUT2D eigenvalue weighted by Crippen LogP contribution is 2.24. The molecule has 0 spiro atoms. The molecule has 1 aliphatic heterocycles. The summed E-state index contributed by atoms with van der Waals surface area (Å²) < 4.78 is 7.56. The molecule has 1 aliphatic rings. The van der Waals surface area contributed by atoms with Crippen LogP contribution in [0.5, 0.6) is 0 Å². The number of pyridine rings is 1. The summed E-state index contributed by atoms with van der Waals surface area (Å²) in [5.74, 6) is 2.47. The maximum absolute atomic E-state index is 5.39. The van der Waals surface area contributed by atoms with Crippen molar-refractivity contribution in [2.24, 2.45) is 0 Å². The van der Waals surface area contributed by atoms with Gasteiger partial charge in [-0.1, -0.05) is 0 Å². The van der Waals surface area contributed by atoms with Crippen LogP contribution in [0.25, 0.3) is 11.4 Å². The number of hydrogen-bond acceptors (Lipinski definition) is 7. The Bertz CT molecular complexity index is 930. The SMILES string of the molecule is Cc1ncc(-c2ccnc(Nc3ccc(N4CCOCC4)nc3)n2)n1C(C)C. The maximum atomic E-state index is 5.39. The molecule has 0 aromatic carbocycles. The van der Waals surface area contributed by atoms with Crippen LogP contribution in [-0.4, -0.2) is 50.8 Å². The molecule has 4 heterocycles. The Balaban J connectivity index is 1.52. The number of anilines is 3. The summed E-state index contributed by atoms with van der Waals surface area (Å²) >= 11 is 0. The van der Waals surface area contributed by atoms with E-state index in [1.807, 2.05) is 37.5 Å². The molecular formula is C20H25N7O. The number of nitrogens with one attached hydrogen (secondary N) is 1. The minimum absolute atomic E-state index is 0.306. The molecule has 0 radical (unpaired) electrons. The van der Waals surface area contributed by atoms with E-state index in [0.29, 0.717) is 12.0 Å². The minimum Gasteiger partial charge on any atom is -0.378 e. The van der Waals surface area contributed by atoms with Crippen LogP contribution >= 0.6 is 0 Å². The van der Waals surface area contributed by atoms with Crippen molar-refractivity contribution in [1.29, 1.82) is 0 Å². The van der Waals surface area contributed by atoms with E-state index in [-0.39, 0.29) is 0 Å². The molecule has 0 aliphatic carbocycles. The molecule has 8 nitrogen and oxygen atoms in total. The highest BCUT2D eigenvalue weighted by molar-refractivity contribution is 5.60. The van der Waals surface area contributed by atoms with Crippen molar-refractivity contribution >= 4 is 17.5 Å². The van der Waals surface area contributed by atoms with Gasteiger partial charge in [-0.25, -0.2) is 19.9 Å². The van der Waals surface area contributed by atoms with Gasteiger partial charge in [-0.15, -0.1) is 0 Å². The monoisotopic (exact) mass is 379 g/mol. The van der Waals surface area contributed by atoms with Crippen molar-refractivity contribution in [1.82, 2.24) is 24.5 Å². The number of aryl methyl sites for hydroxylation is 1. The molecule has 1 N–H and O–H groups in total. The fraction of sp³-hybridized carbons (Fsp3) is 0.400. The molecule has 0 atom stereocenters. The van der Waals surface area contributed by atoms with Gasteiger partial charge in [0.25, 0.3) is 0 Å². The van der Waals surface area contributed by atoms with Gasteiger partial charge < -0.3 is 19.5 Å². The zero-order valence-corrected chi connectivity index (χ0v) is 16.5. The lowest BCUT2D eigenvalue weighted by Crippen LogP contribution is -2.36. The van der Waals surface area contributed by atoms with E-state index in [1.54, 1.807) is 6.20 Å². The first-order valence-corrected chi connectivity index (χ1v) is 9.55. The summed E-state index contributed by atoms with van der Waals surface area (Å²) in [6.45, 7) is 9.51. The Morgan fingerprint density at radius 3 is 2.57 bits per heavy atom. The van der Waals surface area contributed by atoms with Crippen LogP contribution in [0.1, 0.15) is 25.7 Å². The van der Waals surface area contributed by atoms with Gasteiger partial charge in [0.05, 0.1) is 42.7 Å². The van der Waals surface area contributed by atoms with E-state index in [0.717, 1.165) is 55.0 Å². The lowest BCUT2D eigenvalue weighted by atomic mass is 10.2. The molecule has 1 fully saturated rings. The largest absolute Gasteiger partial charge is 0.378 e. The van der Waals surface area contributed by atoms with Crippen molar-refractivity contribution in [2.45, 2.75) is 26.8 Å². The average molecular weight is 379 g/mol. The number of nitrogens with zero attached hydrogens (tertiary/aromatic N) is 6. The zero-order chi connectivity index (χ0) is 19.5. The lowest BCUT2D eigenvalue weighted by molar-refractivity contribution is 0.122. The molecule has 0 amide bonds. The van der Waals surface area contributed by atoms with E-state index >= 15 is 0 Å². The number of morpholine rings is 1. The summed E-state index contributed by atoms with van der Waals surface area (Å²) in [7, 11) is 0. The van der Waals surface area contributed by atoms with E-state index in [9.17, 15) is 0 Å². The fourth-order valence-electron chi connectivity index (χ4n) is 3.42. The zero-order valence-electron chi connectivity index (χ0n) is 16.5. The summed E-state index contributed by atoms with van der Waals surface area (Å²) in [6.07, 6.45) is 5.43. The third kappa shape index (κ3) is 3.82. The van der Waals surface area contributed by atoms with E-state index in [2.05, 4.69) is 48.6 Å². The highest BCUT2D eigenvalue weighted by Gasteiger charge is 2.14. The van der Waals surface area contributed by atoms with Gasteiger partial charge in [0.1, 0.15) is 11.6 Å². The molecule has 3 aromatic rings. The van der Waals surface area contributed by atoms with Crippen LogP contribution in [-0.2, 0) is 4.74 Å². The average Bonchev–Trinajstić information content (AvgIpc) is 3.11. The number of rotatable bonds is 5. The Kier molecular flexibility index (Phi) is 5.21. The third-order valence-corrected chi connectivity index (χ3v) is 4.76. The number of hydrogen-bond donors (Lipinski definition) is 1. The second-order valence-corrected chi connectivity index (χ2v) is 7.05. The molecule has 0 saturated carbocycles. The van der Waals surface area contributed by atoms with Gasteiger partial charge in [0, 0.05) is 25.3 Å². The predicted molar refractivity (Wildman–Crippen MR) is 109 cm³/mol. The molecule has 0 unspecified atom stereocenters. The van der Waals surface area contributed by atoms with E-state index in [4.69, 9.17) is 4.74 Å². The van der Waals surface area contributed by atoms with Gasteiger partial charge in [0.15, 0.2) is 0 Å². The van der Waals surface area contributed by atoms with Crippen LogP contribution in [0.3, 0.4) is 0 Å². The number of imidazole rings is 1. The molecule has 146 valence electrons. The molecular weight excluding hydrogens is 354 g/mol. The van der Waals surface area contributed by atoms with Crippen molar-refractivity contribution in [2.75, 3.05) is 36.5 Å². The Labute approximate surface area is 164 Å². The minimum atomic E-state index is 0.306. The van der Waals surface area contributed by atoms with Crippen molar-refractivity contribution in [3.63, 3.8) is 0 Å². The van der Waals surface area contributed by atoms with E-state index < -0.39 is 0 Å². The van der Waals surface area contributed by atoms with Crippen molar-refractivity contribution in [3.8, 4) is 11.4 Å². The summed E-state index contributed by atoms with van der Waals surface area (Å²) in [4.78, 5) is 20.2. The smallest absolute Gasteiger partial charge is 0.227 e. The molecule has 8 heteroatoms. The van der Waals surface area contributed by atoms with Crippen LogP contribution in [0, 0.1) is 6.92 Å². The van der Waals surface area contributed by atoms with Crippen LogP contribution in [0.15, 0.2) is 36.8 Å². The predicted octanol–water partition coefficient (Wildman–Crippen LogP) is 3.20. The first-order valence-electron chi connectivity index (χ1n) is 9.55. The molecule has 4 rings (SSSR count). The van der Waals surface area contributed by atoms with E-state index in [1.165, 1.54) is 0 Å². The second-order valence-electron chi connectivity index (χ2n) is 7.05. The number of ether oxygens (including phenoxy) is 1. The van der Waals surface area contributed by atoms with Gasteiger partial charge in [0.2, 0.25) is 5.95 Å². The van der Waals surface area contributed by atoms with Gasteiger partial charge >= 0.3 is 0 Å². The molecule has 28 heavy (non-hydrogen) atoms. The quantitative estimate of drug-likeness (QED) is 0.729. The lowest BCUT2D eigenvalue weighted by Gasteiger charge is -2.27. The standard InChI is InChI=1S/C20H25N7O/c1-14(2)27-15(3)22-13-18(27)17-6-7-21-20(25-17)24-16-4-5-19(23-12-16)26-8-10-28-11-9-26/h4-7,12-14H,8-11H2,1-3H3,(H,21,24,25). The molecule has 3 aromatic heterocycles. The van der Waals surface area contributed by atoms with Crippen LogP contribution in [0.2, 0.25) is 0 Å². The van der Waals surface area contributed by atoms with Crippen molar-refractivity contribution in [3.05, 3.63) is 42.6 Å². The topological polar surface area (TPSA) is 81.0 Å². The van der Waals surface area contributed by atoms with Crippen LogP contribution < -0.4 is 10.2 Å². The third-order valence-electron chi connectivity index (χ3n) is 4.76. The molecule has 1 saturated heterocycles. The Morgan fingerprint density at radius 2 is 1.86 bits per heavy atom. The highest BCUT2D eigenvalue weighted by atomic mass is 16.5. The fourth-order valence-corrected chi connectivity index (χ4v) is 3.42. The normalized spacial score (nSPS) is 14.5. The second kappa shape index (κ2) is 7.93.